The second-order valence-electron chi connectivity index (χ2n) is 3.60. The van der Waals surface area contributed by atoms with Gasteiger partial charge in [-0.1, -0.05) is 30.7 Å². The number of anilines is 1. The van der Waals surface area contributed by atoms with E-state index >= 15 is 0 Å². The Morgan fingerprint density at radius 1 is 1.50 bits per heavy atom. The summed E-state index contributed by atoms with van der Waals surface area (Å²) in [5.41, 5.74) is 6.14. The quantitative estimate of drug-likeness (QED) is 0.729. The average molecular weight is 415 g/mol. The molecule has 0 aliphatic rings. The van der Waals surface area contributed by atoms with Gasteiger partial charge in [-0.15, -0.1) is 0 Å². The third-order valence-corrected chi connectivity index (χ3v) is 4.08. The van der Waals surface area contributed by atoms with E-state index < -0.39 is 5.92 Å². The lowest BCUT2D eigenvalue weighted by molar-refractivity contribution is -0.118. The number of carbonyl (C=O) groups is 1. The van der Waals surface area contributed by atoms with Gasteiger partial charge in [0.05, 0.1) is 16.6 Å². The van der Waals surface area contributed by atoms with Gasteiger partial charge in [0.15, 0.2) is 0 Å². The van der Waals surface area contributed by atoms with Crippen LogP contribution in [0, 0.1) is 5.92 Å². The summed E-state index contributed by atoms with van der Waals surface area (Å²) in [4.78, 5) is 12.2. The molecule has 1 aromatic rings. The fourth-order valence-electron chi connectivity index (χ4n) is 1.39. The monoisotopic (exact) mass is 412 g/mol. The van der Waals surface area contributed by atoms with Crippen molar-refractivity contribution in [3.05, 3.63) is 26.1 Å². The van der Waals surface area contributed by atoms with Crippen molar-refractivity contribution in [2.45, 2.75) is 13.3 Å². The van der Waals surface area contributed by atoms with Crippen molar-refractivity contribution in [3.8, 4) is 0 Å². The van der Waals surface area contributed by atoms with Gasteiger partial charge in [-0.2, -0.15) is 0 Å². The summed E-state index contributed by atoms with van der Waals surface area (Å²) in [6.45, 7) is 1.86. The molecule has 0 aliphatic heterocycles. The van der Waals surface area contributed by atoms with Gasteiger partial charge in [0, 0.05) is 14.0 Å². The summed E-state index contributed by atoms with van der Waals surface area (Å²) in [5, 5.41) is 3.34. The molecule has 1 atom stereocenters. The second-order valence-corrected chi connectivity index (χ2v) is 6.21. The zero-order valence-corrected chi connectivity index (χ0v) is 14.2. The first-order valence-corrected chi connectivity index (χ1v) is 7.48. The third-order valence-electron chi connectivity index (χ3n) is 2.32. The maximum Gasteiger partial charge on any atom is 0.234 e. The van der Waals surface area contributed by atoms with Gasteiger partial charge in [-0.25, -0.2) is 0 Å². The molecule has 1 aromatic carbocycles. The molecule has 0 aromatic heterocycles. The molecule has 1 rings (SSSR count). The zero-order valence-electron chi connectivity index (χ0n) is 9.47. The Morgan fingerprint density at radius 3 is 2.39 bits per heavy atom. The Bertz CT molecular complexity index is 473. The van der Waals surface area contributed by atoms with Crippen LogP contribution in [-0.2, 0) is 4.79 Å². The van der Waals surface area contributed by atoms with Crippen LogP contribution in [0.2, 0.25) is 5.02 Å². The van der Waals surface area contributed by atoms with E-state index in [1.54, 1.807) is 12.1 Å². The standard InChI is InChI=1S/C11H11Br2ClN2OS/c1-2-6(10(15)18)11(17)16-9-7(12)3-5(14)4-8(9)13/h3-4,6H,2H2,1H3,(H2,15,18)(H,16,17). The van der Waals surface area contributed by atoms with Crippen molar-refractivity contribution in [2.75, 3.05) is 5.32 Å². The van der Waals surface area contributed by atoms with E-state index in [0.29, 0.717) is 26.1 Å². The lowest BCUT2D eigenvalue weighted by Crippen LogP contribution is -2.32. The van der Waals surface area contributed by atoms with Crippen molar-refractivity contribution < 1.29 is 4.79 Å². The first-order valence-electron chi connectivity index (χ1n) is 5.11. The largest absolute Gasteiger partial charge is 0.393 e. The lowest BCUT2D eigenvalue weighted by Gasteiger charge is -2.15. The molecule has 0 radical (unpaired) electrons. The normalized spacial score (nSPS) is 12.0. The molecular formula is C11H11Br2ClN2OS. The zero-order chi connectivity index (χ0) is 13.9. The van der Waals surface area contributed by atoms with Crippen LogP contribution in [0.1, 0.15) is 13.3 Å². The van der Waals surface area contributed by atoms with Crippen LogP contribution >= 0.6 is 55.7 Å². The molecule has 0 spiro atoms. The molecule has 98 valence electrons. The number of hydrogen-bond acceptors (Lipinski definition) is 2. The first kappa shape index (κ1) is 15.9. The second kappa shape index (κ2) is 6.84. The number of nitrogens with one attached hydrogen (secondary N) is 1. The predicted octanol–water partition coefficient (Wildman–Crippen LogP) is 4.12. The van der Waals surface area contributed by atoms with Gasteiger partial charge in [0.2, 0.25) is 5.91 Å². The van der Waals surface area contributed by atoms with Crippen molar-refractivity contribution in [1.82, 2.24) is 0 Å². The molecular weight excluding hydrogens is 403 g/mol. The summed E-state index contributed by atoms with van der Waals surface area (Å²) >= 11 is 17.4. The van der Waals surface area contributed by atoms with Gasteiger partial charge in [-0.05, 0) is 50.4 Å². The molecule has 3 nitrogen and oxygen atoms in total. The van der Waals surface area contributed by atoms with E-state index in [2.05, 4.69) is 37.2 Å². The molecule has 3 N–H and O–H groups in total. The Hall–Kier alpha value is -0.170. The Balaban J connectivity index is 2.98. The van der Waals surface area contributed by atoms with Crippen molar-refractivity contribution in [1.29, 1.82) is 0 Å². The predicted molar refractivity (Wildman–Crippen MR) is 86.0 cm³/mol. The minimum atomic E-state index is -0.477. The van der Waals surface area contributed by atoms with E-state index in [9.17, 15) is 4.79 Å². The van der Waals surface area contributed by atoms with Gasteiger partial charge < -0.3 is 11.1 Å². The minimum absolute atomic E-state index is 0.191. The summed E-state index contributed by atoms with van der Waals surface area (Å²) < 4.78 is 1.38. The van der Waals surface area contributed by atoms with Crippen LogP contribution in [0.4, 0.5) is 5.69 Å². The fourth-order valence-corrected chi connectivity index (χ4v) is 3.53. The van der Waals surface area contributed by atoms with Crippen LogP contribution in [-0.4, -0.2) is 10.9 Å². The number of amides is 1. The van der Waals surface area contributed by atoms with Gasteiger partial charge in [0.25, 0.3) is 0 Å². The fraction of sp³-hybridized carbons (Fsp3) is 0.273. The molecule has 0 fully saturated rings. The molecule has 0 saturated carbocycles. The highest BCUT2D eigenvalue weighted by Gasteiger charge is 2.21. The smallest absolute Gasteiger partial charge is 0.234 e. The van der Waals surface area contributed by atoms with E-state index in [-0.39, 0.29) is 10.9 Å². The lowest BCUT2D eigenvalue weighted by atomic mass is 10.1. The molecule has 1 amide bonds. The number of carbonyl (C=O) groups excluding carboxylic acids is 1. The Labute approximate surface area is 133 Å². The number of hydrogen-bond donors (Lipinski definition) is 2. The highest BCUT2D eigenvalue weighted by atomic mass is 79.9. The molecule has 0 bridgehead atoms. The first-order chi connectivity index (χ1) is 8.36. The molecule has 7 heteroatoms. The van der Waals surface area contributed by atoms with Crippen molar-refractivity contribution >= 4 is 72.3 Å². The highest BCUT2D eigenvalue weighted by Crippen LogP contribution is 2.34. The summed E-state index contributed by atoms with van der Waals surface area (Å²) in [6.07, 6.45) is 0.560. The maximum absolute atomic E-state index is 12.0. The minimum Gasteiger partial charge on any atom is -0.393 e. The van der Waals surface area contributed by atoms with Crippen LogP contribution < -0.4 is 11.1 Å². The topological polar surface area (TPSA) is 55.1 Å². The van der Waals surface area contributed by atoms with Crippen LogP contribution in [0.5, 0.6) is 0 Å². The SMILES string of the molecule is CCC(C(=O)Nc1c(Br)cc(Cl)cc1Br)C(N)=S. The number of nitrogens with two attached hydrogens (primary N) is 1. The summed E-state index contributed by atoms with van der Waals surface area (Å²) in [7, 11) is 0. The van der Waals surface area contributed by atoms with Crippen LogP contribution in [0.25, 0.3) is 0 Å². The van der Waals surface area contributed by atoms with Gasteiger partial charge in [0.1, 0.15) is 0 Å². The number of thiocarbonyl (C=S) groups is 1. The number of benzene rings is 1. The van der Waals surface area contributed by atoms with Crippen LogP contribution in [0.15, 0.2) is 21.1 Å². The number of halogens is 3. The number of rotatable bonds is 4. The maximum atomic E-state index is 12.0. The van der Waals surface area contributed by atoms with E-state index in [1.807, 2.05) is 6.92 Å². The summed E-state index contributed by atoms with van der Waals surface area (Å²) in [5.74, 6) is -0.705. The molecule has 1 unspecified atom stereocenters. The average Bonchev–Trinajstić information content (AvgIpc) is 2.23. The van der Waals surface area contributed by atoms with Crippen LogP contribution in [0.3, 0.4) is 0 Å². The van der Waals surface area contributed by atoms with E-state index in [4.69, 9.17) is 29.6 Å². The van der Waals surface area contributed by atoms with E-state index in [0.717, 1.165) is 0 Å². The van der Waals surface area contributed by atoms with Crippen molar-refractivity contribution in [3.63, 3.8) is 0 Å². The highest BCUT2D eigenvalue weighted by molar-refractivity contribution is 9.11. The third kappa shape index (κ3) is 3.91. The molecule has 0 aliphatic carbocycles. The molecule has 0 heterocycles. The Morgan fingerprint density at radius 2 is 2.00 bits per heavy atom. The Kier molecular flexibility index (Phi) is 6.04. The molecule has 0 saturated heterocycles. The summed E-state index contributed by atoms with van der Waals surface area (Å²) in [6, 6.07) is 3.40. The van der Waals surface area contributed by atoms with Gasteiger partial charge in [-0.3, -0.25) is 4.79 Å². The molecule has 18 heavy (non-hydrogen) atoms. The van der Waals surface area contributed by atoms with Crippen molar-refractivity contribution in [2.24, 2.45) is 11.7 Å². The van der Waals surface area contributed by atoms with E-state index in [1.165, 1.54) is 0 Å². The van der Waals surface area contributed by atoms with Gasteiger partial charge >= 0.3 is 0 Å².